The molecule has 0 aromatic carbocycles. The quantitative estimate of drug-likeness (QED) is 0.757. The fraction of sp³-hybridized carbons (Fsp3) is 0.250. The number of anilines is 1. The summed E-state index contributed by atoms with van der Waals surface area (Å²) in [6, 6.07) is 0. The summed E-state index contributed by atoms with van der Waals surface area (Å²) in [7, 11) is 1.87. The van der Waals surface area contributed by atoms with Gasteiger partial charge in [0, 0.05) is 7.05 Å². The van der Waals surface area contributed by atoms with Gasteiger partial charge in [-0.3, -0.25) is 0 Å². The number of rotatable bonds is 1. The Labute approximate surface area is 65.5 Å². The first-order chi connectivity index (χ1) is 3.83. The van der Waals surface area contributed by atoms with Crippen molar-refractivity contribution in [2.75, 3.05) is 12.4 Å². The van der Waals surface area contributed by atoms with Crippen LogP contribution in [0.1, 0.15) is 0 Å². The van der Waals surface area contributed by atoms with Gasteiger partial charge in [0.1, 0.15) is 0 Å². The van der Waals surface area contributed by atoms with Crippen LogP contribution < -0.4 is 5.32 Å². The molecule has 0 spiro atoms. The molecule has 1 aromatic heterocycles. The summed E-state index contributed by atoms with van der Waals surface area (Å²) >= 11 is 3.89. The smallest absolute Gasteiger partial charge is 0.183 e. The maximum absolute atomic E-state index is 4.03. The van der Waals surface area contributed by atoms with Gasteiger partial charge in [0.25, 0.3) is 0 Å². The highest BCUT2D eigenvalue weighted by Crippen LogP contribution is 2.18. The summed E-state index contributed by atoms with van der Waals surface area (Å²) in [6.07, 6.45) is 1.84. The second kappa shape index (κ2) is 2.63. The van der Waals surface area contributed by atoms with E-state index in [1.165, 1.54) is 2.88 Å². The molecule has 0 fully saturated rings. The lowest BCUT2D eigenvalue weighted by atomic mass is 11.0. The standard InChI is InChI=1S/C4H5IN2S/c1-6-4-7-2-3(5)8-4/h2H,1H3,(H,6,7). The lowest BCUT2D eigenvalue weighted by Crippen LogP contribution is -1.83. The van der Waals surface area contributed by atoms with E-state index in [1.807, 2.05) is 13.2 Å². The van der Waals surface area contributed by atoms with Crippen molar-refractivity contribution < 1.29 is 0 Å². The molecule has 0 saturated carbocycles. The first-order valence-corrected chi connectivity index (χ1v) is 4.01. The first kappa shape index (κ1) is 6.28. The van der Waals surface area contributed by atoms with E-state index in [-0.39, 0.29) is 0 Å². The largest absolute Gasteiger partial charge is 0.365 e. The molecule has 1 aromatic rings. The minimum atomic E-state index is 0.981. The predicted molar refractivity (Wildman–Crippen MR) is 44.4 cm³/mol. The molecule has 8 heavy (non-hydrogen) atoms. The van der Waals surface area contributed by atoms with Gasteiger partial charge >= 0.3 is 0 Å². The Hall–Kier alpha value is 0.160. The Morgan fingerprint density at radius 2 is 2.62 bits per heavy atom. The van der Waals surface area contributed by atoms with Crippen LogP contribution in [-0.4, -0.2) is 12.0 Å². The summed E-state index contributed by atoms with van der Waals surface area (Å²) in [5, 5.41) is 3.93. The lowest BCUT2D eigenvalue weighted by Gasteiger charge is -1.84. The summed E-state index contributed by atoms with van der Waals surface area (Å²) in [6.45, 7) is 0. The van der Waals surface area contributed by atoms with Crippen molar-refractivity contribution in [3.05, 3.63) is 9.08 Å². The summed E-state index contributed by atoms with van der Waals surface area (Å²) < 4.78 is 1.21. The second-order valence-electron chi connectivity index (χ2n) is 1.22. The van der Waals surface area contributed by atoms with Crippen molar-refractivity contribution >= 4 is 39.1 Å². The highest BCUT2D eigenvalue weighted by atomic mass is 127. The third-order valence-electron chi connectivity index (χ3n) is 0.691. The zero-order chi connectivity index (χ0) is 5.98. The number of nitrogens with one attached hydrogen (secondary N) is 1. The molecule has 0 saturated heterocycles. The maximum atomic E-state index is 4.03. The number of hydrogen-bond acceptors (Lipinski definition) is 3. The average molecular weight is 240 g/mol. The minimum absolute atomic E-state index is 0.981. The van der Waals surface area contributed by atoms with Gasteiger partial charge in [0.05, 0.1) is 9.08 Å². The lowest BCUT2D eigenvalue weighted by molar-refractivity contribution is 1.36. The Balaban J connectivity index is 2.84. The molecule has 0 radical (unpaired) electrons. The van der Waals surface area contributed by atoms with Crippen LogP contribution in [0, 0.1) is 2.88 Å². The Morgan fingerprint density at radius 1 is 1.88 bits per heavy atom. The van der Waals surface area contributed by atoms with Crippen LogP contribution in [0.25, 0.3) is 0 Å². The molecule has 0 unspecified atom stereocenters. The predicted octanol–water partition coefficient (Wildman–Crippen LogP) is 1.79. The third-order valence-corrected chi connectivity index (χ3v) is 2.43. The molecule has 0 aliphatic rings. The van der Waals surface area contributed by atoms with Crippen molar-refractivity contribution in [1.29, 1.82) is 0 Å². The van der Waals surface area contributed by atoms with E-state index in [0.717, 1.165) is 5.13 Å². The van der Waals surface area contributed by atoms with Crippen LogP contribution in [0.4, 0.5) is 5.13 Å². The highest BCUT2D eigenvalue weighted by molar-refractivity contribution is 14.1. The average Bonchev–Trinajstić information content (AvgIpc) is 2.14. The van der Waals surface area contributed by atoms with E-state index in [2.05, 4.69) is 32.9 Å². The van der Waals surface area contributed by atoms with E-state index < -0.39 is 0 Å². The molecule has 4 heteroatoms. The van der Waals surface area contributed by atoms with Crippen molar-refractivity contribution in [3.63, 3.8) is 0 Å². The molecule has 0 bridgehead atoms. The Bertz CT molecular complexity index is 174. The van der Waals surface area contributed by atoms with Crippen molar-refractivity contribution in [2.24, 2.45) is 0 Å². The van der Waals surface area contributed by atoms with Crippen molar-refractivity contribution in [3.8, 4) is 0 Å². The van der Waals surface area contributed by atoms with Gasteiger partial charge in [0.15, 0.2) is 5.13 Å². The maximum Gasteiger partial charge on any atom is 0.183 e. The molecule has 44 valence electrons. The molecule has 2 nitrogen and oxygen atoms in total. The third kappa shape index (κ3) is 1.32. The minimum Gasteiger partial charge on any atom is -0.365 e. The van der Waals surface area contributed by atoms with E-state index in [9.17, 15) is 0 Å². The summed E-state index contributed by atoms with van der Waals surface area (Å²) in [5.41, 5.74) is 0. The number of thiazole rings is 1. The number of halogens is 1. The fourth-order valence-electron chi connectivity index (χ4n) is 0.370. The molecule has 1 heterocycles. The van der Waals surface area contributed by atoms with Gasteiger partial charge in [-0.05, 0) is 22.6 Å². The van der Waals surface area contributed by atoms with Crippen molar-refractivity contribution in [2.45, 2.75) is 0 Å². The van der Waals surface area contributed by atoms with E-state index in [0.29, 0.717) is 0 Å². The van der Waals surface area contributed by atoms with Crippen molar-refractivity contribution in [1.82, 2.24) is 4.98 Å². The Morgan fingerprint density at radius 3 is 2.88 bits per heavy atom. The molecule has 0 aliphatic carbocycles. The van der Waals surface area contributed by atoms with Crippen LogP contribution in [0.2, 0.25) is 0 Å². The van der Waals surface area contributed by atoms with E-state index in [1.54, 1.807) is 11.3 Å². The zero-order valence-corrected chi connectivity index (χ0v) is 7.28. The van der Waals surface area contributed by atoms with Gasteiger partial charge in [-0.1, -0.05) is 11.3 Å². The van der Waals surface area contributed by atoms with E-state index >= 15 is 0 Å². The van der Waals surface area contributed by atoms with Gasteiger partial charge in [0.2, 0.25) is 0 Å². The number of hydrogen-bond donors (Lipinski definition) is 1. The molecule has 0 amide bonds. The molecular weight excluding hydrogens is 235 g/mol. The van der Waals surface area contributed by atoms with Crippen LogP contribution in [-0.2, 0) is 0 Å². The molecule has 0 atom stereocenters. The fourth-order valence-corrected chi connectivity index (χ4v) is 1.63. The van der Waals surface area contributed by atoms with Crippen LogP contribution in [0.15, 0.2) is 6.20 Å². The van der Waals surface area contributed by atoms with Crippen LogP contribution in [0.5, 0.6) is 0 Å². The van der Waals surface area contributed by atoms with Crippen LogP contribution in [0.3, 0.4) is 0 Å². The monoisotopic (exact) mass is 240 g/mol. The molecule has 0 aliphatic heterocycles. The van der Waals surface area contributed by atoms with Gasteiger partial charge in [-0.25, -0.2) is 4.98 Å². The summed E-state index contributed by atoms with van der Waals surface area (Å²) in [5.74, 6) is 0. The van der Waals surface area contributed by atoms with Gasteiger partial charge in [-0.2, -0.15) is 0 Å². The topological polar surface area (TPSA) is 24.9 Å². The van der Waals surface area contributed by atoms with Gasteiger partial charge in [-0.15, -0.1) is 0 Å². The normalized spacial score (nSPS) is 9.25. The van der Waals surface area contributed by atoms with Gasteiger partial charge < -0.3 is 5.32 Å². The van der Waals surface area contributed by atoms with Crippen LogP contribution >= 0.6 is 33.9 Å². The molecular formula is C4H5IN2S. The van der Waals surface area contributed by atoms with E-state index in [4.69, 9.17) is 0 Å². The highest BCUT2D eigenvalue weighted by Gasteiger charge is 1.92. The molecule has 1 rings (SSSR count). The first-order valence-electron chi connectivity index (χ1n) is 2.12. The SMILES string of the molecule is CNc1ncc(I)s1. The second-order valence-corrected chi connectivity index (χ2v) is 4.14. The molecule has 1 N–H and O–H groups in total. The number of aromatic nitrogens is 1. The Kier molecular flexibility index (Phi) is 2.07. The zero-order valence-electron chi connectivity index (χ0n) is 4.31. The summed E-state index contributed by atoms with van der Waals surface area (Å²) in [4.78, 5) is 4.03. The number of nitrogens with zero attached hydrogens (tertiary/aromatic N) is 1.